The van der Waals surface area contributed by atoms with Crippen LogP contribution >= 0.6 is 0 Å². The smallest absolute Gasteiger partial charge is 0.410 e. The Morgan fingerprint density at radius 3 is 2.55 bits per heavy atom. The molecular formula is C23H35FN2O5. The summed E-state index contributed by atoms with van der Waals surface area (Å²) in [6, 6.07) is 3.72. The van der Waals surface area contributed by atoms with Crippen LogP contribution in [-0.2, 0) is 4.74 Å². The second kappa shape index (κ2) is 11.3. The summed E-state index contributed by atoms with van der Waals surface area (Å²) in [4.78, 5) is 25.9. The number of halogens is 1. The van der Waals surface area contributed by atoms with Crippen molar-refractivity contribution in [2.24, 2.45) is 5.92 Å². The van der Waals surface area contributed by atoms with Crippen molar-refractivity contribution in [2.45, 2.75) is 65.0 Å². The Hall–Kier alpha value is -2.35. The molecule has 8 heteroatoms. The number of ether oxygens (including phenoxy) is 2. The minimum absolute atomic E-state index is 0.0793. The van der Waals surface area contributed by atoms with Crippen LogP contribution in [0.2, 0.25) is 0 Å². The van der Waals surface area contributed by atoms with E-state index in [2.05, 4.69) is 5.32 Å². The van der Waals surface area contributed by atoms with Crippen molar-refractivity contribution < 1.29 is 28.6 Å². The summed E-state index contributed by atoms with van der Waals surface area (Å²) in [7, 11) is 0. The van der Waals surface area contributed by atoms with Crippen molar-refractivity contribution in [1.29, 1.82) is 0 Å². The molecule has 7 nitrogen and oxygen atoms in total. The molecule has 1 saturated heterocycles. The SMILES string of the molecule is CC(CO)NC(=O)c1ccc(OCCCC2CCN(C(=O)OC(C)(C)C)CC2)cc1F. The molecule has 1 aromatic rings. The summed E-state index contributed by atoms with van der Waals surface area (Å²) < 4.78 is 25.3. The Kier molecular flexibility index (Phi) is 9.10. The third-order valence-corrected chi connectivity index (χ3v) is 5.13. The van der Waals surface area contributed by atoms with Crippen molar-refractivity contribution in [1.82, 2.24) is 10.2 Å². The van der Waals surface area contributed by atoms with Crippen LogP contribution in [-0.4, -0.2) is 60.0 Å². The molecule has 0 saturated carbocycles. The lowest BCUT2D eigenvalue weighted by Gasteiger charge is -2.33. The van der Waals surface area contributed by atoms with E-state index in [4.69, 9.17) is 14.6 Å². The number of hydrogen-bond acceptors (Lipinski definition) is 5. The molecule has 2 amide bonds. The highest BCUT2D eigenvalue weighted by atomic mass is 19.1. The van der Waals surface area contributed by atoms with Gasteiger partial charge >= 0.3 is 6.09 Å². The monoisotopic (exact) mass is 438 g/mol. The molecule has 2 rings (SSSR count). The maximum atomic E-state index is 14.2. The van der Waals surface area contributed by atoms with Gasteiger partial charge < -0.3 is 24.8 Å². The first-order chi connectivity index (χ1) is 14.6. The maximum absolute atomic E-state index is 14.2. The van der Waals surface area contributed by atoms with Crippen LogP contribution < -0.4 is 10.1 Å². The van der Waals surface area contributed by atoms with Gasteiger partial charge in [0.15, 0.2) is 0 Å². The van der Waals surface area contributed by atoms with E-state index in [0.717, 1.165) is 25.7 Å². The van der Waals surface area contributed by atoms with Crippen molar-refractivity contribution in [3.8, 4) is 5.75 Å². The number of amides is 2. The first-order valence-electron chi connectivity index (χ1n) is 10.9. The van der Waals surface area contributed by atoms with E-state index in [1.807, 2.05) is 20.8 Å². The zero-order chi connectivity index (χ0) is 23.0. The number of aliphatic hydroxyl groups is 1. The van der Waals surface area contributed by atoms with Gasteiger partial charge in [0.2, 0.25) is 0 Å². The number of likely N-dealkylation sites (tertiary alicyclic amines) is 1. The Labute approximate surface area is 183 Å². The molecule has 1 unspecified atom stereocenters. The third-order valence-electron chi connectivity index (χ3n) is 5.13. The van der Waals surface area contributed by atoms with E-state index in [9.17, 15) is 14.0 Å². The van der Waals surface area contributed by atoms with Gasteiger partial charge in [-0.05, 0) is 71.4 Å². The van der Waals surface area contributed by atoms with Gasteiger partial charge in [-0.3, -0.25) is 4.79 Å². The second-order valence-electron chi connectivity index (χ2n) is 9.10. The third kappa shape index (κ3) is 8.36. The highest BCUT2D eigenvalue weighted by Gasteiger charge is 2.26. The van der Waals surface area contributed by atoms with Crippen LogP contribution in [0.1, 0.15) is 63.7 Å². The van der Waals surface area contributed by atoms with Gasteiger partial charge in [0, 0.05) is 25.2 Å². The Bertz CT molecular complexity index is 742. The number of nitrogens with zero attached hydrogens (tertiary/aromatic N) is 1. The molecule has 1 aliphatic heterocycles. The van der Waals surface area contributed by atoms with Gasteiger partial charge in [-0.1, -0.05) is 0 Å². The highest BCUT2D eigenvalue weighted by Crippen LogP contribution is 2.24. The topological polar surface area (TPSA) is 88.1 Å². The molecule has 31 heavy (non-hydrogen) atoms. The lowest BCUT2D eigenvalue weighted by Crippen LogP contribution is -2.41. The average Bonchev–Trinajstić information content (AvgIpc) is 2.70. The summed E-state index contributed by atoms with van der Waals surface area (Å²) in [5.74, 6) is -0.319. The molecule has 0 aromatic heterocycles. The fourth-order valence-electron chi connectivity index (χ4n) is 3.41. The summed E-state index contributed by atoms with van der Waals surface area (Å²) in [6.07, 6.45) is 3.42. The minimum Gasteiger partial charge on any atom is -0.493 e. The lowest BCUT2D eigenvalue weighted by molar-refractivity contribution is 0.0179. The van der Waals surface area contributed by atoms with Gasteiger partial charge in [-0.25, -0.2) is 9.18 Å². The van der Waals surface area contributed by atoms with E-state index >= 15 is 0 Å². The molecule has 174 valence electrons. The Morgan fingerprint density at radius 2 is 1.97 bits per heavy atom. The fraction of sp³-hybridized carbons (Fsp3) is 0.652. The number of piperidine rings is 1. The molecule has 1 heterocycles. The van der Waals surface area contributed by atoms with Gasteiger partial charge in [-0.15, -0.1) is 0 Å². The molecule has 1 atom stereocenters. The minimum atomic E-state index is -0.658. The standard InChI is InChI=1S/C23H35FN2O5/c1-16(15-27)25-21(28)19-8-7-18(14-20(19)24)30-13-5-6-17-9-11-26(12-10-17)22(29)31-23(2,3)4/h7-8,14,16-17,27H,5-6,9-13,15H2,1-4H3,(H,25,28). The predicted octanol–water partition coefficient (Wildman–Crippen LogP) is 3.74. The molecule has 1 fully saturated rings. The Morgan fingerprint density at radius 1 is 1.29 bits per heavy atom. The van der Waals surface area contributed by atoms with Crippen LogP contribution in [0.5, 0.6) is 5.75 Å². The summed E-state index contributed by atoms with van der Waals surface area (Å²) in [5, 5.41) is 11.5. The van der Waals surface area contributed by atoms with Gasteiger partial charge in [0.05, 0.1) is 18.8 Å². The van der Waals surface area contributed by atoms with Gasteiger partial charge in [-0.2, -0.15) is 0 Å². The number of carbonyl (C=O) groups excluding carboxylic acids is 2. The number of benzene rings is 1. The van der Waals surface area contributed by atoms with Crippen LogP contribution in [0.3, 0.4) is 0 Å². The second-order valence-corrected chi connectivity index (χ2v) is 9.10. The fourth-order valence-corrected chi connectivity index (χ4v) is 3.41. The van der Waals surface area contributed by atoms with Crippen molar-refractivity contribution >= 4 is 12.0 Å². The van der Waals surface area contributed by atoms with Crippen molar-refractivity contribution in [3.05, 3.63) is 29.6 Å². The normalized spacial score (nSPS) is 16.0. The predicted molar refractivity (Wildman–Crippen MR) is 116 cm³/mol. The number of rotatable bonds is 8. The lowest BCUT2D eigenvalue weighted by atomic mass is 9.92. The van der Waals surface area contributed by atoms with Gasteiger partial charge in [0.25, 0.3) is 5.91 Å². The largest absolute Gasteiger partial charge is 0.493 e. The first-order valence-corrected chi connectivity index (χ1v) is 10.9. The Balaban J connectivity index is 1.70. The van der Waals surface area contributed by atoms with E-state index in [1.54, 1.807) is 17.9 Å². The summed E-state index contributed by atoms with van der Waals surface area (Å²) in [5.41, 5.74) is -0.561. The average molecular weight is 439 g/mol. The molecule has 1 aliphatic rings. The van der Waals surface area contributed by atoms with E-state index in [1.165, 1.54) is 12.1 Å². The maximum Gasteiger partial charge on any atom is 0.410 e. The molecule has 0 aliphatic carbocycles. The molecule has 0 spiro atoms. The molecule has 0 radical (unpaired) electrons. The van der Waals surface area contributed by atoms with Crippen LogP contribution in [0.4, 0.5) is 9.18 Å². The van der Waals surface area contributed by atoms with Crippen LogP contribution in [0, 0.1) is 11.7 Å². The van der Waals surface area contributed by atoms with E-state index < -0.39 is 23.4 Å². The van der Waals surface area contributed by atoms with E-state index in [0.29, 0.717) is 31.4 Å². The highest BCUT2D eigenvalue weighted by molar-refractivity contribution is 5.94. The number of carbonyl (C=O) groups is 2. The molecule has 0 bridgehead atoms. The zero-order valence-corrected chi connectivity index (χ0v) is 18.9. The van der Waals surface area contributed by atoms with Gasteiger partial charge in [0.1, 0.15) is 17.2 Å². The van der Waals surface area contributed by atoms with Crippen LogP contribution in [0.25, 0.3) is 0 Å². The summed E-state index contributed by atoms with van der Waals surface area (Å²) >= 11 is 0. The number of hydrogen-bond donors (Lipinski definition) is 2. The number of nitrogens with one attached hydrogen (secondary N) is 1. The first kappa shape index (κ1) is 24.9. The summed E-state index contributed by atoms with van der Waals surface area (Å²) in [6.45, 7) is 8.87. The van der Waals surface area contributed by atoms with Crippen LogP contribution in [0.15, 0.2) is 18.2 Å². The molecule has 1 aromatic carbocycles. The van der Waals surface area contributed by atoms with E-state index in [-0.39, 0.29) is 18.3 Å². The molecule has 2 N–H and O–H groups in total. The zero-order valence-electron chi connectivity index (χ0n) is 18.9. The van der Waals surface area contributed by atoms with Crippen molar-refractivity contribution in [2.75, 3.05) is 26.3 Å². The quantitative estimate of drug-likeness (QED) is 0.604. The number of aliphatic hydroxyl groups excluding tert-OH is 1. The molecular weight excluding hydrogens is 403 g/mol. The van der Waals surface area contributed by atoms with Crippen molar-refractivity contribution in [3.63, 3.8) is 0 Å².